The predicted molar refractivity (Wildman–Crippen MR) is 114 cm³/mol. The number of benzene rings is 2. The number of aryl methyl sites for hydroxylation is 1. The van der Waals surface area contributed by atoms with Crippen molar-refractivity contribution < 1.29 is 27.5 Å². The standard InChI is InChI=1S/C20H18Cl2N2O6S/c21-15-11-16(22)18(31(27,28)24-5-7-29-8-6-24)10-14(15)20(26)30-13-2-3-17-12(9-13)1-4-19(25)23-17/h2-3,9-11H,1,4-8H2,(H,23,25). The van der Waals surface area contributed by atoms with Crippen LogP contribution in [0.4, 0.5) is 5.69 Å². The predicted octanol–water partition coefficient (Wildman–Crippen LogP) is 3.12. The van der Waals surface area contributed by atoms with Crippen molar-refractivity contribution >= 4 is 50.8 Å². The Morgan fingerprint density at radius 2 is 1.81 bits per heavy atom. The molecule has 1 N–H and O–H groups in total. The maximum atomic E-state index is 13.0. The lowest BCUT2D eigenvalue weighted by atomic mass is 10.0. The number of rotatable bonds is 4. The monoisotopic (exact) mass is 484 g/mol. The Bertz CT molecular complexity index is 1160. The Hall–Kier alpha value is -2.17. The Labute approximate surface area is 189 Å². The summed E-state index contributed by atoms with van der Waals surface area (Å²) < 4.78 is 37.9. The lowest BCUT2D eigenvalue weighted by Gasteiger charge is -2.26. The summed E-state index contributed by atoms with van der Waals surface area (Å²) in [6.07, 6.45) is 0.867. The average Bonchev–Trinajstić information content (AvgIpc) is 2.74. The summed E-state index contributed by atoms with van der Waals surface area (Å²) in [7, 11) is -3.94. The smallest absolute Gasteiger partial charge is 0.345 e. The number of esters is 1. The van der Waals surface area contributed by atoms with Crippen LogP contribution in [0.5, 0.6) is 5.75 Å². The molecule has 4 rings (SSSR count). The molecule has 1 amide bonds. The van der Waals surface area contributed by atoms with Crippen LogP contribution < -0.4 is 10.1 Å². The first-order chi connectivity index (χ1) is 14.8. The Kier molecular flexibility index (Phi) is 6.23. The van der Waals surface area contributed by atoms with Crippen molar-refractivity contribution in [3.63, 3.8) is 0 Å². The lowest BCUT2D eigenvalue weighted by molar-refractivity contribution is -0.116. The molecule has 2 aromatic carbocycles. The first-order valence-corrected chi connectivity index (χ1v) is 11.7. The van der Waals surface area contributed by atoms with E-state index in [1.54, 1.807) is 12.1 Å². The van der Waals surface area contributed by atoms with Gasteiger partial charge < -0.3 is 14.8 Å². The molecule has 2 heterocycles. The van der Waals surface area contributed by atoms with E-state index >= 15 is 0 Å². The average molecular weight is 485 g/mol. The van der Waals surface area contributed by atoms with Gasteiger partial charge in [0.05, 0.1) is 28.8 Å². The van der Waals surface area contributed by atoms with Gasteiger partial charge in [0.1, 0.15) is 10.6 Å². The fraction of sp³-hybridized carbons (Fsp3) is 0.300. The van der Waals surface area contributed by atoms with E-state index in [-0.39, 0.29) is 58.5 Å². The quantitative estimate of drug-likeness (QED) is 0.528. The van der Waals surface area contributed by atoms with E-state index < -0.39 is 16.0 Å². The van der Waals surface area contributed by atoms with E-state index in [2.05, 4.69) is 5.32 Å². The van der Waals surface area contributed by atoms with E-state index in [9.17, 15) is 18.0 Å². The number of hydrogen-bond acceptors (Lipinski definition) is 6. The topological polar surface area (TPSA) is 102 Å². The van der Waals surface area contributed by atoms with Gasteiger partial charge >= 0.3 is 5.97 Å². The Morgan fingerprint density at radius 3 is 2.55 bits per heavy atom. The highest BCUT2D eigenvalue weighted by molar-refractivity contribution is 7.89. The number of carbonyl (C=O) groups excluding carboxylic acids is 2. The lowest BCUT2D eigenvalue weighted by Crippen LogP contribution is -2.40. The van der Waals surface area contributed by atoms with E-state index in [1.165, 1.54) is 16.4 Å². The van der Waals surface area contributed by atoms with Crippen LogP contribution in [0.1, 0.15) is 22.3 Å². The number of ether oxygens (including phenoxy) is 2. The molecule has 2 aliphatic rings. The number of sulfonamides is 1. The third-order valence-electron chi connectivity index (χ3n) is 5.01. The normalized spacial score (nSPS) is 17.0. The van der Waals surface area contributed by atoms with Crippen LogP contribution in [-0.4, -0.2) is 50.9 Å². The molecule has 2 aliphatic heterocycles. The van der Waals surface area contributed by atoms with Crippen molar-refractivity contribution in [1.82, 2.24) is 4.31 Å². The highest BCUT2D eigenvalue weighted by Crippen LogP contribution is 2.32. The molecule has 0 radical (unpaired) electrons. The molecule has 8 nitrogen and oxygen atoms in total. The second-order valence-electron chi connectivity index (χ2n) is 7.04. The molecular weight excluding hydrogens is 467 g/mol. The third-order valence-corrected chi connectivity index (χ3v) is 7.69. The van der Waals surface area contributed by atoms with Gasteiger partial charge in [-0.15, -0.1) is 0 Å². The third kappa shape index (κ3) is 4.56. The Balaban J connectivity index is 1.61. The molecule has 164 valence electrons. The minimum atomic E-state index is -3.94. The maximum Gasteiger partial charge on any atom is 0.345 e. The minimum absolute atomic E-state index is 0.0267. The number of fused-ring (bicyclic) bond motifs is 1. The summed E-state index contributed by atoms with van der Waals surface area (Å²) >= 11 is 12.3. The second-order valence-corrected chi connectivity index (χ2v) is 9.76. The molecule has 0 unspecified atom stereocenters. The zero-order chi connectivity index (χ0) is 22.2. The number of carbonyl (C=O) groups is 2. The van der Waals surface area contributed by atoms with Crippen molar-refractivity contribution in [2.24, 2.45) is 0 Å². The zero-order valence-electron chi connectivity index (χ0n) is 16.2. The van der Waals surface area contributed by atoms with E-state index in [0.29, 0.717) is 18.5 Å². The highest BCUT2D eigenvalue weighted by Gasteiger charge is 2.30. The number of nitrogens with zero attached hydrogens (tertiary/aromatic N) is 1. The number of amides is 1. The van der Waals surface area contributed by atoms with Gasteiger partial charge in [-0.25, -0.2) is 13.2 Å². The molecule has 0 spiro atoms. The molecule has 31 heavy (non-hydrogen) atoms. The van der Waals surface area contributed by atoms with Gasteiger partial charge in [-0.1, -0.05) is 23.2 Å². The fourth-order valence-corrected chi connectivity index (χ4v) is 5.63. The van der Waals surface area contributed by atoms with Crippen LogP contribution in [0.15, 0.2) is 35.2 Å². The fourth-order valence-electron chi connectivity index (χ4n) is 3.39. The first kappa shape index (κ1) is 22.0. The van der Waals surface area contributed by atoms with Crippen molar-refractivity contribution in [1.29, 1.82) is 0 Å². The molecule has 1 fully saturated rings. The molecule has 0 atom stereocenters. The van der Waals surface area contributed by atoms with Gasteiger partial charge in [-0.2, -0.15) is 4.31 Å². The van der Waals surface area contributed by atoms with Gasteiger partial charge in [0.15, 0.2) is 0 Å². The van der Waals surface area contributed by atoms with Crippen LogP contribution in [0.2, 0.25) is 10.0 Å². The van der Waals surface area contributed by atoms with Gasteiger partial charge in [0.2, 0.25) is 15.9 Å². The molecule has 11 heteroatoms. The second kappa shape index (κ2) is 8.76. The maximum absolute atomic E-state index is 13.0. The summed E-state index contributed by atoms with van der Waals surface area (Å²) in [5.74, 6) is -0.636. The largest absolute Gasteiger partial charge is 0.423 e. The summed E-state index contributed by atoms with van der Waals surface area (Å²) in [5, 5.41) is 2.63. The van der Waals surface area contributed by atoms with E-state index in [4.69, 9.17) is 32.7 Å². The number of morpholine rings is 1. The summed E-state index contributed by atoms with van der Waals surface area (Å²) in [5.41, 5.74) is 1.38. The van der Waals surface area contributed by atoms with Gasteiger partial charge in [-0.05, 0) is 42.3 Å². The first-order valence-electron chi connectivity index (χ1n) is 9.47. The van der Waals surface area contributed by atoms with Crippen LogP contribution in [0.25, 0.3) is 0 Å². The number of halogens is 2. The number of nitrogens with one attached hydrogen (secondary N) is 1. The molecule has 0 aromatic heterocycles. The summed E-state index contributed by atoms with van der Waals surface area (Å²) in [4.78, 5) is 24.0. The van der Waals surface area contributed by atoms with Gasteiger partial charge in [0, 0.05) is 25.2 Å². The zero-order valence-corrected chi connectivity index (χ0v) is 18.5. The van der Waals surface area contributed by atoms with Crippen molar-refractivity contribution in [3.05, 3.63) is 51.5 Å². The molecule has 2 aromatic rings. The highest BCUT2D eigenvalue weighted by atomic mass is 35.5. The van der Waals surface area contributed by atoms with Crippen molar-refractivity contribution in [2.45, 2.75) is 17.7 Å². The molecule has 0 aliphatic carbocycles. The number of hydrogen-bond donors (Lipinski definition) is 1. The summed E-state index contributed by atoms with van der Waals surface area (Å²) in [6, 6.07) is 7.19. The number of anilines is 1. The van der Waals surface area contributed by atoms with Crippen LogP contribution in [-0.2, 0) is 26.0 Å². The van der Waals surface area contributed by atoms with E-state index in [1.807, 2.05) is 0 Å². The molecule has 0 bridgehead atoms. The molecular formula is C20H18Cl2N2O6S. The van der Waals surface area contributed by atoms with Crippen LogP contribution >= 0.6 is 23.2 Å². The SMILES string of the molecule is O=C1CCc2cc(OC(=O)c3cc(S(=O)(=O)N4CCOCC4)c(Cl)cc3Cl)ccc2N1. The van der Waals surface area contributed by atoms with Crippen LogP contribution in [0.3, 0.4) is 0 Å². The van der Waals surface area contributed by atoms with Crippen molar-refractivity contribution in [2.75, 3.05) is 31.6 Å². The van der Waals surface area contributed by atoms with Gasteiger partial charge in [-0.3, -0.25) is 4.79 Å². The molecule has 1 saturated heterocycles. The molecule has 0 saturated carbocycles. The minimum Gasteiger partial charge on any atom is -0.423 e. The van der Waals surface area contributed by atoms with Crippen molar-refractivity contribution in [3.8, 4) is 5.75 Å². The summed E-state index contributed by atoms with van der Waals surface area (Å²) in [6.45, 7) is 0.926. The Morgan fingerprint density at radius 1 is 1.06 bits per heavy atom. The van der Waals surface area contributed by atoms with Crippen LogP contribution in [0, 0.1) is 0 Å². The van der Waals surface area contributed by atoms with Gasteiger partial charge in [0.25, 0.3) is 0 Å². The van der Waals surface area contributed by atoms with E-state index in [0.717, 1.165) is 11.6 Å².